The third-order valence-corrected chi connectivity index (χ3v) is 2.92. The predicted molar refractivity (Wildman–Crippen MR) is 60.0 cm³/mol. The summed E-state index contributed by atoms with van der Waals surface area (Å²) in [5.74, 6) is 0.783. The van der Waals surface area contributed by atoms with E-state index in [4.69, 9.17) is 16.3 Å². The van der Waals surface area contributed by atoms with Crippen LogP contribution in [0.15, 0.2) is 18.2 Å². The minimum Gasteiger partial charge on any atom is -0.497 e. The van der Waals surface area contributed by atoms with Crippen molar-refractivity contribution in [2.45, 2.75) is 18.6 Å². The number of hydrogen-bond donors (Lipinski definition) is 1. The van der Waals surface area contributed by atoms with Gasteiger partial charge in [0.15, 0.2) is 0 Å². The van der Waals surface area contributed by atoms with Crippen LogP contribution in [0, 0.1) is 0 Å². The number of methoxy groups -OCH3 is 1. The van der Waals surface area contributed by atoms with Gasteiger partial charge in [-0.1, -0.05) is 24.6 Å². The van der Waals surface area contributed by atoms with Gasteiger partial charge in [0.05, 0.1) is 7.11 Å². The quantitative estimate of drug-likeness (QED) is 0.758. The van der Waals surface area contributed by atoms with E-state index in [2.05, 4.69) is 19.6 Å². The second-order valence-corrected chi connectivity index (χ2v) is 3.84. The number of rotatable bonds is 3. The smallest absolute Gasteiger partial charge is 0.120 e. The highest BCUT2D eigenvalue weighted by atomic mass is 35.5. The molecule has 0 aliphatic heterocycles. The predicted octanol–water partition coefficient (Wildman–Crippen LogP) is 3.73. The molecule has 0 saturated carbocycles. The molecule has 0 heterocycles. The first-order valence-corrected chi connectivity index (χ1v) is 5.10. The van der Waals surface area contributed by atoms with Crippen LogP contribution in [0.1, 0.15) is 24.2 Å². The first kappa shape index (κ1) is 10.7. The normalized spacial score (nSPS) is 12.6. The van der Waals surface area contributed by atoms with Crippen LogP contribution >= 0.6 is 24.2 Å². The zero-order chi connectivity index (χ0) is 9.84. The maximum Gasteiger partial charge on any atom is 0.120 e. The number of ether oxygens (including phenoxy) is 1. The van der Waals surface area contributed by atoms with Gasteiger partial charge in [-0.15, -0.1) is 0 Å². The zero-order valence-electron chi connectivity index (χ0n) is 7.75. The van der Waals surface area contributed by atoms with Crippen molar-refractivity contribution in [2.75, 3.05) is 7.11 Å². The van der Waals surface area contributed by atoms with E-state index >= 15 is 0 Å². The topological polar surface area (TPSA) is 9.23 Å². The monoisotopic (exact) mass is 216 g/mol. The molecule has 0 N–H and O–H groups in total. The maximum absolute atomic E-state index is 6.05. The summed E-state index contributed by atoms with van der Waals surface area (Å²) in [5, 5.41) is 0.930. The van der Waals surface area contributed by atoms with Crippen LogP contribution in [-0.2, 0) is 0 Å². The van der Waals surface area contributed by atoms with Crippen molar-refractivity contribution in [3.8, 4) is 5.75 Å². The molecule has 1 nitrogen and oxygen atoms in total. The lowest BCUT2D eigenvalue weighted by Crippen LogP contribution is -1.91. The number of hydrogen-bond acceptors (Lipinski definition) is 2. The van der Waals surface area contributed by atoms with Gasteiger partial charge in [0.1, 0.15) is 5.75 Å². The summed E-state index contributed by atoms with van der Waals surface area (Å²) in [4.78, 5) is 0. The number of halogens is 1. The lowest BCUT2D eigenvalue weighted by atomic mass is 10.1. The van der Waals surface area contributed by atoms with Gasteiger partial charge in [-0.05, 0) is 24.1 Å². The molecule has 0 saturated heterocycles. The lowest BCUT2D eigenvalue weighted by Gasteiger charge is -2.11. The van der Waals surface area contributed by atoms with Crippen molar-refractivity contribution in [2.24, 2.45) is 0 Å². The van der Waals surface area contributed by atoms with E-state index in [-0.39, 0.29) is 5.25 Å². The Hall–Kier alpha value is -0.340. The molecule has 0 aliphatic carbocycles. The molecule has 0 radical (unpaired) electrons. The van der Waals surface area contributed by atoms with Gasteiger partial charge in [0, 0.05) is 10.3 Å². The molecule has 1 aromatic carbocycles. The van der Waals surface area contributed by atoms with Crippen LogP contribution in [0.3, 0.4) is 0 Å². The molecule has 1 atom stereocenters. The Kier molecular flexibility index (Phi) is 3.94. The lowest BCUT2D eigenvalue weighted by molar-refractivity contribution is 0.414. The van der Waals surface area contributed by atoms with Gasteiger partial charge >= 0.3 is 0 Å². The van der Waals surface area contributed by atoms with Crippen molar-refractivity contribution in [3.63, 3.8) is 0 Å². The standard InChI is InChI=1S/C10H13ClOS/c1-3-10(13)8-5-4-7(12-2)6-9(8)11/h4-6,10,13H,3H2,1-2H3. The van der Waals surface area contributed by atoms with Gasteiger partial charge in [-0.3, -0.25) is 0 Å². The van der Waals surface area contributed by atoms with Crippen molar-refractivity contribution < 1.29 is 4.74 Å². The first-order valence-electron chi connectivity index (χ1n) is 4.20. The van der Waals surface area contributed by atoms with E-state index in [0.717, 1.165) is 22.8 Å². The summed E-state index contributed by atoms with van der Waals surface area (Å²) in [6, 6.07) is 5.68. The number of thiol groups is 1. The van der Waals surface area contributed by atoms with Crippen LogP contribution in [-0.4, -0.2) is 7.11 Å². The molecular weight excluding hydrogens is 204 g/mol. The van der Waals surface area contributed by atoms with Crippen molar-refractivity contribution in [3.05, 3.63) is 28.8 Å². The van der Waals surface area contributed by atoms with Gasteiger partial charge in [-0.25, -0.2) is 0 Å². The van der Waals surface area contributed by atoms with Crippen molar-refractivity contribution in [1.82, 2.24) is 0 Å². The number of benzene rings is 1. The van der Waals surface area contributed by atoms with Crippen molar-refractivity contribution >= 4 is 24.2 Å². The second kappa shape index (κ2) is 4.77. The average molecular weight is 217 g/mol. The van der Waals surface area contributed by atoms with Gasteiger partial charge < -0.3 is 4.74 Å². The summed E-state index contributed by atoms with van der Waals surface area (Å²) >= 11 is 10.5. The first-order chi connectivity index (χ1) is 6.19. The van der Waals surface area contributed by atoms with E-state index in [1.807, 2.05) is 18.2 Å². The molecule has 3 heteroatoms. The fraction of sp³-hybridized carbons (Fsp3) is 0.400. The highest BCUT2D eigenvalue weighted by Crippen LogP contribution is 2.32. The third kappa shape index (κ3) is 2.55. The summed E-state index contributed by atoms with van der Waals surface area (Å²) < 4.78 is 5.05. The summed E-state index contributed by atoms with van der Waals surface area (Å²) in [6.45, 7) is 2.08. The Labute approximate surface area is 89.5 Å². The highest BCUT2D eigenvalue weighted by molar-refractivity contribution is 7.80. The summed E-state index contributed by atoms with van der Waals surface area (Å²) in [5.41, 5.74) is 1.06. The SMILES string of the molecule is CCC(S)c1ccc(OC)cc1Cl. The van der Waals surface area contributed by atoms with E-state index in [1.165, 1.54) is 0 Å². The summed E-state index contributed by atoms with van der Waals surface area (Å²) in [7, 11) is 1.63. The van der Waals surface area contributed by atoms with Crippen LogP contribution in [0.4, 0.5) is 0 Å². The van der Waals surface area contributed by atoms with Crippen LogP contribution in [0.2, 0.25) is 5.02 Å². The Balaban J connectivity index is 2.98. The molecule has 1 unspecified atom stereocenters. The highest BCUT2D eigenvalue weighted by Gasteiger charge is 2.08. The van der Waals surface area contributed by atoms with E-state index in [9.17, 15) is 0 Å². The van der Waals surface area contributed by atoms with E-state index in [0.29, 0.717) is 0 Å². The molecule has 13 heavy (non-hydrogen) atoms. The largest absolute Gasteiger partial charge is 0.497 e. The summed E-state index contributed by atoms with van der Waals surface area (Å²) in [6.07, 6.45) is 0.967. The molecule has 0 aromatic heterocycles. The Morgan fingerprint density at radius 1 is 1.54 bits per heavy atom. The van der Waals surface area contributed by atoms with Gasteiger partial charge in [0.2, 0.25) is 0 Å². The minimum absolute atomic E-state index is 0.207. The third-order valence-electron chi connectivity index (χ3n) is 1.95. The molecular formula is C10H13ClOS. The van der Waals surface area contributed by atoms with Gasteiger partial charge in [-0.2, -0.15) is 12.6 Å². The Morgan fingerprint density at radius 2 is 2.23 bits per heavy atom. The molecule has 0 amide bonds. The molecule has 0 bridgehead atoms. The van der Waals surface area contributed by atoms with E-state index in [1.54, 1.807) is 7.11 Å². The Morgan fingerprint density at radius 3 is 2.69 bits per heavy atom. The van der Waals surface area contributed by atoms with Crippen LogP contribution < -0.4 is 4.74 Å². The van der Waals surface area contributed by atoms with E-state index < -0.39 is 0 Å². The fourth-order valence-electron chi connectivity index (χ4n) is 1.12. The van der Waals surface area contributed by atoms with Crippen LogP contribution in [0.5, 0.6) is 5.75 Å². The second-order valence-electron chi connectivity index (χ2n) is 2.81. The molecule has 1 aromatic rings. The molecule has 72 valence electrons. The Bertz CT molecular complexity index is 288. The van der Waals surface area contributed by atoms with Crippen LogP contribution in [0.25, 0.3) is 0 Å². The fourth-order valence-corrected chi connectivity index (χ4v) is 1.73. The minimum atomic E-state index is 0.207. The molecule has 0 aliphatic rings. The zero-order valence-corrected chi connectivity index (χ0v) is 9.40. The molecule has 1 rings (SSSR count). The van der Waals surface area contributed by atoms with Gasteiger partial charge in [0.25, 0.3) is 0 Å². The maximum atomic E-state index is 6.05. The van der Waals surface area contributed by atoms with Crippen molar-refractivity contribution in [1.29, 1.82) is 0 Å². The molecule has 0 spiro atoms. The molecule has 0 fully saturated rings. The average Bonchev–Trinajstić information content (AvgIpc) is 2.16.